The fraction of sp³-hybridized carbons (Fsp3) is 0.429. The Kier molecular flexibility index (Phi) is 4.11. The summed E-state index contributed by atoms with van der Waals surface area (Å²) in [7, 11) is 0. The fourth-order valence-electron chi connectivity index (χ4n) is 2.25. The molecule has 0 aliphatic carbocycles. The minimum atomic E-state index is -0.345. The van der Waals surface area contributed by atoms with Crippen molar-refractivity contribution in [2.45, 2.75) is 39.3 Å². The second-order valence-electron chi connectivity index (χ2n) is 5.70. The topological polar surface area (TPSA) is 56.7 Å². The fourth-order valence-corrected chi connectivity index (χ4v) is 2.47. The SMILES string of the molecule is CC(C)(C)c1c(CN)nnn1Cc1c(F)cccc1Cl. The van der Waals surface area contributed by atoms with Crippen LogP contribution >= 0.6 is 11.6 Å². The molecule has 0 amide bonds. The number of benzene rings is 1. The van der Waals surface area contributed by atoms with Crippen molar-refractivity contribution in [3.63, 3.8) is 0 Å². The summed E-state index contributed by atoms with van der Waals surface area (Å²) < 4.78 is 15.6. The van der Waals surface area contributed by atoms with Gasteiger partial charge in [-0.25, -0.2) is 9.07 Å². The van der Waals surface area contributed by atoms with Crippen LogP contribution in [0.15, 0.2) is 18.2 Å². The van der Waals surface area contributed by atoms with E-state index in [0.29, 0.717) is 17.1 Å². The van der Waals surface area contributed by atoms with Gasteiger partial charge in [0.05, 0.1) is 17.9 Å². The minimum absolute atomic E-state index is 0.185. The van der Waals surface area contributed by atoms with Gasteiger partial charge in [0.2, 0.25) is 0 Å². The largest absolute Gasteiger partial charge is 0.325 e. The predicted molar refractivity (Wildman–Crippen MR) is 77.1 cm³/mol. The van der Waals surface area contributed by atoms with E-state index in [9.17, 15) is 4.39 Å². The molecule has 20 heavy (non-hydrogen) atoms. The summed E-state index contributed by atoms with van der Waals surface area (Å²) in [6.45, 7) is 6.68. The Morgan fingerprint density at radius 2 is 2.05 bits per heavy atom. The lowest BCUT2D eigenvalue weighted by Gasteiger charge is -2.21. The predicted octanol–water partition coefficient (Wildman–Crippen LogP) is 2.88. The van der Waals surface area contributed by atoms with Crippen LogP contribution < -0.4 is 5.73 Å². The zero-order chi connectivity index (χ0) is 14.9. The smallest absolute Gasteiger partial charge is 0.129 e. The molecule has 0 aliphatic heterocycles. The molecule has 0 saturated carbocycles. The maximum atomic E-state index is 13.9. The molecule has 0 aliphatic rings. The summed E-state index contributed by atoms with van der Waals surface area (Å²) in [5, 5.41) is 8.56. The monoisotopic (exact) mass is 296 g/mol. The van der Waals surface area contributed by atoms with Crippen LogP contribution in [-0.2, 0) is 18.5 Å². The van der Waals surface area contributed by atoms with Crippen LogP contribution in [0.4, 0.5) is 4.39 Å². The van der Waals surface area contributed by atoms with Gasteiger partial charge in [-0.1, -0.05) is 43.7 Å². The third-order valence-corrected chi connectivity index (χ3v) is 3.43. The van der Waals surface area contributed by atoms with Gasteiger partial charge in [-0.2, -0.15) is 0 Å². The number of aromatic nitrogens is 3. The van der Waals surface area contributed by atoms with Gasteiger partial charge in [0.1, 0.15) is 5.82 Å². The zero-order valence-electron chi connectivity index (χ0n) is 11.8. The highest BCUT2D eigenvalue weighted by Crippen LogP contribution is 2.27. The van der Waals surface area contributed by atoms with E-state index >= 15 is 0 Å². The summed E-state index contributed by atoms with van der Waals surface area (Å²) in [4.78, 5) is 0. The van der Waals surface area contributed by atoms with E-state index in [2.05, 4.69) is 10.3 Å². The summed E-state index contributed by atoms with van der Waals surface area (Å²) in [5.41, 5.74) is 7.55. The van der Waals surface area contributed by atoms with Gasteiger partial charge >= 0.3 is 0 Å². The molecule has 2 N–H and O–H groups in total. The number of hydrogen-bond acceptors (Lipinski definition) is 3. The normalized spacial score (nSPS) is 11.9. The molecular formula is C14H18ClFN4. The first-order chi connectivity index (χ1) is 9.34. The highest BCUT2D eigenvalue weighted by molar-refractivity contribution is 6.31. The van der Waals surface area contributed by atoms with E-state index in [1.54, 1.807) is 16.8 Å². The maximum Gasteiger partial charge on any atom is 0.129 e. The molecule has 1 aromatic heterocycles. The summed E-state index contributed by atoms with van der Waals surface area (Å²) in [6, 6.07) is 4.63. The first kappa shape index (κ1) is 14.9. The molecule has 0 atom stereocenters. The van der Waals surface area contributed by atoms with E-state index < -0.39 is 0 Å². The number of rotatable bonds is 3. The van der Waals surface area contributed by atoms with Gasteiger partial charge in [0.25, 0.3) is 0 Å². The van der Waals surface area contributed by atoms with Crippen LogP contribution in [0.3, 0.4) is 0 Å². The molecule has 2 aromatic rings. The van der Waals surface area contributed by atoms with E-state index in [4.69, 9.17) is 17.3 Å². The molecule has 0 bridgehead atoms. The van der Waals surface area contributed by atoms with Crippen molar-refractivity contribution in [2.75, 3.05) is 0 Å². The van der Waals surface area contributed by atoms with Crippen LogP contribution in [-0.4, -0.2) is 15.0 Å². The average molecular weight is 297 g/mol. The van der Waals surface area contributed by atoms with Gasteiger partial charge in [-0.15, -0.1) is 5.10 Å². The van der Waals surface area contributed by atoms with Crippen molar-refractivity contribution in [2.24, 2.45) is 5.73 Å². The molecular weight excluding hydrogens is 279 g/mol. The van der Waals surface area contributed by atoms with Crippen molar-refractivity contribution in [1.82, 2.24) is 15.0 Å². The summed E-state index contributed by atoms with van der Waals surface area (Å²) >= 11 is 6.06. The molecule has 2 rings (SSSR count). The summed E-state index contributed by atoms with van der Waals surface area (Å²) in [5.74, 6) is -0.345. The van der Waals surface area contributed by atoms with Crippen molar-refractivity contribution in [1.29, 1.82) is 0 Å². The zero-order valence-corrected chi connectivity index (χ0v) is 12.6. The molecule has 108 valence electrons. The van der Waals surface area contributed by atoms with Crippen molar-refractivity contribution in [3.05, 3.63) is 46.0 Å². The van der Waals surface area contributed by atoms with Gasteiger partial charge < -0.3 is 5.73 Å². The lowest BCUT2D eigenvalue weighted by Crippen LogP contribution is -2.22. The molecule has 4 nitrogen and oxygen atoms in total. The third kappa shape index (κ3) is 2.83. The second kappa shape index (κ2) is 5.50. The maximum absolute atomic E-state index is 13.9. The standard InChI is InChI=1S/C14H18ClFN4/c1-14(2,3)13-12(7-17)18-19-20(13)8-9-10(15)5-4-6-11(9)16/h4-6H,7-8,17H2,1-3H3. The summed E-state index contributed by atoms with van der Waals surface area (Å²) in [6.07, 6.45) is 0. The lowest BCUT2D eigenvalue weighted by molar-refractivity contribution is 0.490. The van der Waals surface area contributed by atoms with Gasteiger partial charge in [-0.05, 0) is 12.1 Å². The second-order valence-corrected chi connectivity index (χ2v) is 6.10. The van der Waals surface area contributed by atoms with Gasteiger partial charge in [0.15, 0.2) is 0 Å². The van der Waals surface area contributed by atoms with E-state index in [0.717, 1.165) is 11.4 Å². The number of nitrogens with zero attached hydrogens (tertiary/aromatic N) is 3. The molecule has 0 fully saturated rings. The first-order valence-corrected chi connectivity index (χ1v) is 6.78. The van der Waals surface area contributed by atoms with Crippen LogP contribution in [0.25, 0.3) is 0 Å². The van der Waals surface area contributed by atoms with Crippen LogP contribution in [0.1, 0.15) is 37.7 Å². The Hall–Kier alpha value is -1.46. The molecule has 1 aromatic carbocycles. The highest BCUT2D eigenvalue weighted by Gasteiger charge is 2.25. The average Bonchev–Trinajstić information content (AvgIpc) is 2.76. The molecule has 0 unspecified atom stereocenters. The van der Waals surface area contributed by atoms with E-state index in [1.807, 2.05) is 20.8 Å². The number of halogens is 2. The van der Waals surface area contributed by atoms with Crippen LogP contribution in [0, 0.1) is 5.82 Å². The quantitative estimate of drug-likeness (QED) is 0.947. The molecule has 0 saturated heterocycles. The van der Waals surface area contributed by atoms with E-state index in [1.165, 1.54) is 6.07 Å². The van der Waals surface area contributed by atoms with Crippen molar-refractivity contribution in [3.8, 4) is 0 Å². The first-order valence-electron chi connectivity index (χ1n) is 6.40. The lowest BCUT2D eigenvalue weighted by atomic mass is 9.90. The molecule has 0 spiro atoms. The van der Waals surface area contributed by atoms with E-state index in [-0.39, 0.29) is 17.8 Å². The molecule has 6 heteroatoms. The molecule has 1 heterocycles. The third-order valence-electron chi connectivity index (χ3n) is 3.08. The minimum Gasteiger partial charge on any atom is -0.325 e. The number of hydrogen-bond donors (Lipinski definition) is 1. The van der Waals surface area contributed by atoms with Crippen molar-refractivity contribution < 1.29 is 4.39 Å². The Morgan fingerprint density at radius 1 is 1.35 bits per heavy atom. The molecule has 0 radical (unpaired) electrons. The number of nitrogens with two attached hydrogens (primary N) is 1. The Labute approximate surface area is 122 Å². The van der Waals surface area contributed by atoms with Crippen LogP contribution in [0.5, 0.6) is 0 Å². The van der Waals surface area contributed by atoms with Gasteiger partial charge in [-0.3, -0.25) is 0 Å². The van der Waals surface area contributed by atoms with Crippen LogP contribution in [0.2, 0.25) is 5.02 Å². The highest BCUT2D eigenvalue weighted by atomic mass is 35.5. The van der Waals surface area contributed by atoms with Crippen molar-refractivity contribution >= 4 is 11.6 Å². The Balaban J connectivity index is 2.47. The Bertz CT molecular complexity index is 596. The Morgan fingerprint density at radius 3 is 2.60 bits per heavy atom. The van der Waals surface area contributed by atoms with Gasteiger partial charge in [0, 0.05) is 22.5 Å².